The van der Waals surface area contributed by atoms with Crippen molar-refractivity contribution in [1.82, 2.24) is 14.8 Å². The van der Waals surface area contributed by atoms with Crippen LogP contribution in [0.25, 0.3) is 0 Å². The molecule has 26 heavy (non-hydrogen) atoms. The summed E-state index contributed by atoms with van der Waals surface area (Å²) in [6.45, 7) is 13.5. The molecule has 7 nitrogen and oxygen atoms in total. The molecule has 2 amide bonds. The average Bonchev–Trinajstić information content (AvgIpc) is 2.82. The van der Waals surface area contributed by atoms with E-state index in [0.29, 0.717) is 29.1 Å². The van der Waals surface area contributed by atoms with Gasteiger partial charge < -0.3 is 19.5 Å². The number of amides is 2. The predicted molar refractivity (Wildman–Crippen MR) is 101 cm³/mol. The zero-order valence-corrected chi connectivity index (χ0v) is 16.5. The maximum Gasteiger partial charge on any atom is 0.354 e. The Morgan fingerprint density at radius 2 is 1.92 bits per heavy atom. The standard InChI is InChI=1S/C19H29N3O4/c1-8-10-21(19(25)20-12(3)4)11-15(23)16-13(5)17(18(24)26-7)22(9-2)14(16)6/h8,12H,1,9-11H2,2-7H3,(H,20,25). The number of urea groups is 1. The number of esters is 1. The van der Waals surface area contributed by atoms with Gasteiger partial charge in [-0.15, -0.1) is 6.58 Å². The topological polar surface area (TPSA) is 80.6 Å². The van der Waals surface area contributed by atoms with Crippen molar-refractivity contribution >= 4 is 17.8 Å². The molecule has 1 N–H and O–H groups in total. The van der Waals surface area contributed by atoms with Gasteiger partial charge in [-0.25, -0.2) is 9.59 Å². The lowest BCUT2D eigenvalue weighted by molar-refractivity contribution is 0.0587. The van der Waals surface area contributed by atoms with Crippen LogP contribution >= 0.6 is 0 Å². The molecule has 0 bridgehead atoms. The number of ether oxygens (including phenoxy) is 1. The fourth-order valence-electron chi connectivity index (χ4n) is 3.03. The summed E-state index contributed by atoms with van der Waals surface area (Å²) in [5, 5.41) is 2.78. The van der Waals surface area contributed by atoms with E-state index in [0.717, 1.165) is 0 Å². The van der Waals surface area contributed by atoms with E-state index in [-0.39, 0.29) is 30.9 Å². The van der Waals surface area contributed by atoms with Crippen LogP contribution in [0.1, 0.15) is 52.9 Å². The fourth-order valence-corrected chi connectivity index (χ4v) is 3.03. The van der Waals surface area contributed by atoms with Crippen LogP contribution in [0.5, 0.6) is 0 Å². The summed E-state index contributed by atoms with van der Waals surface area (Å²) >= 11 is 0. The highest BCUT2D eigenvalue weighted by Crippen LogP contribution is 2.24. The van der Waals surface area contributed by atoms with Crippen LogP contribution < -0.4 is 5.32 Å². The van der Waals surface area contributed by atoms with Crippen molar-refractivity contribution in [1.29, 1.82) is 0 Å². The molecule has 0 spiro atoms. The third-order valence-corrected chi connectivity index (χ3v) is 4.12. The Bertz CT molecular complexity index is 704. The maximum atomic E-state index is 12.9. The number of carbonyl (C=O) groups excluding carboxylic acids is 3. The molecule has 1 aromatic heterocycles. The lowest BCUT2D eigenvalue weighted by Gasteiger charge is -2.22. The number of nitrogens with zero attached hydrogens (tertiary/aromatic N) is 2. The molecule has 0 radical (unpaired) electrons. The highest BCUT2D eigenvalue weighted by atomic mass is 16.5. The van der Waals surface area contributed by atoms with Crippen LogP contribution in [0.2, 0.25) is 0 Å². The summed E-state index contributed by atoms with van der Waals surface area (Å²) in [7, 11) is 1.31. The number of nitrogens with one attached hydrogen (secondary N) is 1. The van der Waals surface area contributed by atoms with Crippen LogP contribution in [0.4, 0.5) is 4.79 Å². The minimum absolute atomic E-state index is 0.0412. The number of Topliss-reactive ketones (excluding diaryl/α,β-unsaturated/α-hetero) is 1. The van der Waals surface area contributed by atoms with E-state index in [4.69, 9.17) is 4.74 Å². The Kier molecular flexibility index (Phi) is 7.61. The van der Waals surface area contributed by atoms with Crippen LogP contribution in [-0.2, 0) is 11.3 Å². The van der Waals surface area contributed by atoms with Gasteiger partial charge in [0.05, 0.1) is 13.7 Å². The van der Waals surface area contributed by atoms with Crippen LogP contribution in [0.15, 0.2) is 12.7 Å². The van der Waals surface area contributed by atoms with Gasteiger partial charge >= 0.3 is 12.0 Å². The smallest absolute Gasteiger partial charge is 0.354 e. The number of rotatable bonds is 8. The quantitative estimate of drug-likeness (QED) is 0.437. The second-order valence-corrected chi connectivity index (χ2v) is 6.37. The third-order valence-electron chi connectivity index (χ3n) is 4.12. The lowest BCUT2D eigenvalue weighted by Crippen LogP contribution is -2.45. The van der Waals surface area contributed by atoms with Gasteiger partial charge in [0.2, 0.25) is 0 Å². The van der Waals surface area contributed by atoms with Crippen molar-refractivity contribution in [3.63, 3.8) is 0 Å². The van der Waals surface area contributed by atoms with Gasteiger partial charge in [-0.3, -0.25) is 4.79 Å². The van der Waals surface area contributed by atoms with E-state index in [2.05, 4.69) is 11.9 Å². The van der Waals surface area contributed by atoms with Gasteiger partial charge in [-0.2, -0.15) is 0 Å². The summed E-state index contributed by atoms with van der Waals surface area (Å²) < 4.78 is 6.61. The highest BCUT2D eigenvalue weighted by Gasteiger charge is 2.28. The first-order valence-electron chi connectivity index (χ1n) is 8.66. The monoisotopic (exact) mass is 363 g/mol. The molecule has 0 saturated carbocycles. The van der Waals surface area contributed by atoms with E-state index in [1.54, 1.807) is 24.5 Å². The molecule has 0 fully saturated rings. The van der Waals surface area contributed by atoms with E-state index < -0.39 is 5.97 Å². The molecular formula is C19H29N3O4. The summed E-state index contributed by atoms with van der Waals surface area (Å²) in [4.78, 5) is 38.7. The SMILES string of the molecule is C=CCN(CC(=O)c1c(C)c(C(=O)OC)n(CC)c1C)C(=O)NC(C)C. The molecule has 0 unspecified atom stereocenters. The fraction of sp³-hybridized carbons (Fsp3) is 0.526. The van der Waals surface area contributed by atoms with Crippen molar-refractivity contribution in [3.8, 4) is 0 Å². The van der Waals surface area contributed by atoms with E-state index >= 15 is 0 Å². The largest absolute Gasteiger partial charge is 0.464 e. The normalized spacial score (nSPS) is 10.6. The molecule has 1 heterocycles. The van der Waals surface area contributed by atoms with Crippen LogP contribution in [0, 0.1) is 13.8 Å². The molecule has 7 heteroatoms. The van der Waals surface area contributed by atoms with Gasteiger partial charge in [-0.05, 0) is 40.2 Å². The number of methoxy groups -OCH3 is 1. The van der Waals surface area contributed by atoms with Gasteiger partial charge in [0, 0.05) is 30.4 Å². The van der Waals surface area contributed by atoms with E-state index in [1.807, 2.05) is 20.8 Å². The maximum absolute atomic E-state index is 12.9. The Balaban J connectivity index is 3.23. The van der Waals surface area contributed by atoms with Gasteiger partial charge in [0.15, 0.2) is 5.78 Å². The molecule has 0 saturated heterocycles. The second kappa shape index (κ2) is 9.22. The lowest BCUT2D eigenvalue weighted by atomic mass is 10.1. The number of hydrogen-bond acceptors (Lipinski definition) is 4. The molecule has 144 valence electrons. The van der Waals surface area contributed by atoms with E-state index in [9.17, 15) is 14.4 Å². The average molecular weight is 363 g/mol. The van der Waals surface area contributed by atoms with Crippen LogP contribution in [-0.4, -0.2) is 53.5 Å². The molecule has 0 atom stereocenters. The van der Waals surface area contributed by atoms with Crippen molar-refractivity contribution in [3.05, 3.63) is 35.2 Å². The van der Waals surface area contributed by atoms with Gasteiger partial charge in [-0.1, -0.05) is 6.08 Å². The first-order chi connectivity index (χ1) is 12.2. The van der Waals surface area contributed by atoms with Gasteiger partial charge in [0.1, 0.15) is 5.69 Å². The summed E-state index contributed by atoms with van der Waals surface area (Å²) in [5.74, 6) is -0.704. The molecule has 1 rings (SSSR count). The number of ketones is 1. The zero-order valence-electron chi connectivity index (χ0n) is 16.5. The number of aromatic nitrogens is 1. The molecule has 0 aromatic carbocycles. The molecular weight excluding hydrogens is 334 g/mol. The Labute approximate surface area is 155 Å². The highest BCUT2D eigenvalue weighted by molar-refractivity contribution is 6.04. The summed E-state index contributed by atoms with van der Waals surface area (Å²) in [6, 6.07) is -0.368. The first-order valence-corrected chi connectivity index (χ1v) is 8.66. The van der Waals surface area contributed by atoms with Crippen molar-refractivity contribution in [2.24, 2.45) is 0 Å². The Morgan fingerprint density at radius 1 is 1.31 bits per heavy atom. The molecule has 0 aliphatic heterocycles. The van der Waals surface area contributed by atoms with Crippen LogP contribution in [0.3, 0.4) is 0 Å². The summed E-state index contributed by atoms with van der Waals surface area (Å²) in [5.41, 5.74) is 2.10. The van der Waals surface area contributed by atoms with Crippen molar-refractivity contribution in [2.45, 2.75) is 47.2 Å². The van der Waals surface area contributed by atoms with Crippen molar-refractivity contribution < 1.29 is 19.1 Å². The molecule has 0 aliphatic rings. The van der Waals surface area contributed by atoms with Gasteiger partial charge in [0.25, 0.3) is 0 Å². The minimum atomic E-state index is -0.480. The summed E-state index contributed by atoms with van der Waals surface area (Å²) in [6.07, 6.45) is 1.57. The minimum Gasteiger partial charge on any atom is -0.464 e. The number of carbonyl (C=O) groups is 3. The van der Waals surface area contributed by atoms with E-state index in [1.165, 1.54) is 12.0 Å². The second-order valence-electron chi connectivity index (χ2n) is 6.37. The predicted octanol–water partition coefficient (Wildman–Crippen LogP) is 2.70. The Hall–Kier alpha value is -2.57. The zero-order chi connectivity index (χ0) is 20.0. The third kappa shape index (κ3) is 4.53. The van der Waals surface area contributed by atoms with Crippen molar-refractivity contribution in [2.75, 3.05) is 20.2 Å². The number of hydrogen-bond donors (Lipinski definition) is 1. The molecule has 0 aliphatic carbocycles. The Morgan fingerprint density at radius 3 is 2.38 bits per heavy atom. The first kappa shape index (κ1) is 21.5. The molecule has 1 aromatic rings.